The van der Waals surface area contributed by atoms with E-state index in [9.17, 15) is 0 Å². The highest BCUT2D eigenvalue weighted by molar-refractivity contribution is 5.23. The van der Waals surface area contributed by atoms with Gasteiger partial charge in [-0.1, -0.05) is 0 Å². The molecular formula is C10H19NO2. The number of hydrogen-bond acceptors (Lipinski definition) is 3. The van der Waals surface area contributed by atoms with Gasteiger partial charge in [0.15, 0.2) is 11.5 Å². The SMILES string of the molecule is CC=C(OCCN)C(OC)=C(C)C. The molecule has 0 aliphatic carbocycles. The molecule has 0 amide bonds. The van der Waals surface area contributed by atoms with Gasteiger partial charge >= 0.3 is 0 Å². The first-order valence-electron chi connectivity index (χ1n) is 4.38. The van der Waals surface area contributed by atoms with Gasteiger partial charge in [0.1, 0.15) is 6.61 Å². The Bertz CT molecular complexity index is 203. The van der Waals surface area contributed by atoms with E-state index < -0.39 is 0 Å². The van der Waals surface area contributed by atoms with Crippen LogP contribution in [0.1, 0.15) is 20.8 Å². The van der Waals surface area contributed by atoms with Gasteiger partial charge in [-0.3, -0.25) is 0 Å². The first-order chi connectivity index (χ1) is 6.17. The van der Waals surface area contributed by atoms with E-state index in [1.165, 1.54) is 0 Å². The maximum atomic E-state index is 5.41. The summed E-state index contributed by atoms with van der Waals surface area (Å²) in [6.07, 6.45) is 1.88. The molecule has 2 N–H and O–H groups in total. The lowest BCUT2D eigenvalue weighted by atomic mass is 10.2. The molecule has 76 valence electrons. The van der Waals surface area contributed by atoms with Gasteiger partial charge in [-0.05, 0) is 32.4 Å². The standard InChI is InChI=1S/C10H19NO2/c1-5-9(13-7-6-11)10(12-4)8(2)3/h5H,6-7,11H2,1-4H3. The van der Waals surface area contributed by atoms with E-state index in [1.54, 1.807) is 7.11 Å². The smallest absolute Gasteiger partial charge is 0.159 e. The van der Waals surface area contributed by atoms with Crippen LogP contribution >= 0.6 is 0 Å². The topological polar surface area (TPSA) is 44.5 Å². The first kappa shape index (κ1) is 12.0. The second-order valence-electron chi connectivity index (χ2n) is 2.82. The third kappa shape index (κ3) is 3.99. The van der Waals surface area contributed by atoms with Gasteiger partial charge in [-0.25, -0.2) is 0 Å². The molecule has 0 rings (SSSR count). The first-order valence-corrected chi connectivity index (χ1v) is 4.38. The third-order valence-corrected chi connectivity index (χ3v) is 1.52. The van der Waals surface area contributed by atoms with Crippen LogP contribution in [0.5, 0.6) is 0 Å². The molecule has 0 saturated carbocycles. The zero-order chi connectivity index (χ0) is 10.3. The van der Waals surface area contributed by atoms with Gasteiger partial charge in [-0.15, -0.1) is 0 Å². The van der Waals surface area contributed by atoms with Crippen molar-refractivity contribution in [3.05, 3.63) is 23.2 Å². The number of methoxy groups -OCH3 is 1. The molecule has 3 nitrogen and oxygen atoms in total. The molecule has 0 radical (unpaired) electrons. The van der Waals surface area contributed by atoms with Gasteiger partial charge in [0.2, 0.25) is 0 Å². The largest absolute Gasteiger partial charge is 0.493 e. The van der Waals surface area contributed by atoms with Gasteiger partial charge in [0.05, 0.1) is 7.11 Å². The monoisotopic (exact) mass is 185 g/mol. The molecule has 0 saturated heterocycles. The molecule has 0 fully saturated rings. The van der Waals surface area contributed by atoms with Crippen molar-refractivity contribution in [2.24, 2.45) is 5.73 Å². The van der Waals surface area contributed by atoms with Crippen molar-refractivity contribution in [3.8, 4) is 0 Å². The summed E-state index contributed by atoms with van der Waals surface area (Å²) < 4.78 is 10.6. The molecule has 0 spiro atoms. The van der Waals surface area contributed by atoms with E-state index in [-0.39, 0.29) is 0 Å². The zero-order valence-electron chi connectivity index (χ0n) is 8.89. The highest BCUT2D eigenvalue weighted by Gasteiger charge is 2.06. The average Bonchev–Trinajstić information content (AvgIpc) is 2.11. The molecule has 13 heavy (non-hydrogen) atoms. The minimum Gasteiger partial charge on any atom is -0.493 e. The van der Waals surface area contributed by atoms with E-state index in [2.05, 4.69) is 0 Å². The Balaban J connectivity index is 4.48. The Morgan fingerprint density at radius 3 is 2.31 bits per heavy atom. The fraction of sp³-hybridized carbons (Fsp3) is 0.600. The van der Waals surface area contributed by atoms with Crippen LogP contribution in [0.4, 0.5) is 0 Å². The van der Waals surface area contributed by atoms with Crippen molar-refractivity contribution in [2.45, 2.75) is 20.8 Å². The van der Waals surface area contributed by atoms with Crippen molar-refractivity contribution < 1.29 is 9.47 Å². The number of nitrogens with two attached hydrogens (primary N) is 1. The van der Waals surface area contributed by atoms with Crippen molar-refractivity contribution >= 4 is 0 Å². The van der Waals surface area contributed by atoms with Gasteiger partial charge < -0.3 is 15.2 Å². The van der Waals surface area contributed by atoms with Crippen LogP contribution in [-0.2, 0) is 9.47 Å². The Hall–Kier alpha value is -0.960. The van der Waals surface area contributed by atoms with E-state index >= 15 is 0 Å². The fourth-order valence-corrected chi connectivity index (χ4v) is 1.000. The lowest BCUT2D eigenvalue weighted by molar-refractivity contribution is 0.179. The number of hydrogen-bond donors (Lipinski definition) is 1. The molecule has 0 aromatic rings. The minimum atomic E-state index is 0.511. The van der Waals surface area contributed by atoms with Crippen LogP contribution in [0, 0.1) is 0 Å². The van der Waals surface area contributed by atoms with Crippen LogP contribution in [0.2, 0.25) is 0 Å². The molecular weight excluding hydrogens is 166 g/mol. The van der Waals surface area contributed by atoms with E-state index in [1.807, 2.05) is 26.8 Å². The number of ether oxygens (including phenoxy) is 2. The van der Waals surface area contributed by atoms with Crippen LogP contribution in [-0.4, -0.2) is 20.3 Å². The number of rotatable bonds is 5. The van der Waals surface area contributed by atoms with Crippen LogP contribution in [0.3, 0.4) is 0 Å². The maximum Gasteiger partial charge on any atom is 0.159 e. The maximum absolute atomic E-state index is 5.41. The molecule has 0 bridgehead atoms. The summed E-state index contributed by atoms with van der Waals surface area (Å²) in [6.45, 7) is 6.90. The minimum absolute atomic E-state index is 0.511. The molecule has 0 atom stereocenters. The second kappa shape index (κ2) is 6.54. The van der Waals surface area contributed by atoms with Crippen LogP contribution < -0.4 is 5.73 Å². The summed E-state index contributed by atoms with van der Waals surface area (Å²) >= 11 is 0. The van der Waals surface area contributed by atoms with Crippen LogP contribution in [0.15, 0.2) is 23.2 Å². The van der Waals surface area contributed by atoms with Crippen molar-refractivity contribution in [2.75, 3.05) is 20.3 Å². The van der Waals surface area contributed by atoms with Crippen molar-refractivity contribution in [3.63, 3.8) is 0 Å². The summed E-state index contributed by atoms with van der Waals surface area (Å²) in [6, 6.07) is 0. The Kier molecular flexibility index (Phi) is 6.06. The Morgan fingerprint density at radius 1 is 1.38 bits per heavy atom. The van der Waals surface area contributed by atoms with Gasteiger partial charge in [0, 0.05) is 6.54 Å². The highest BCUT2D eigenvalue weighted by atomic mass is 16.5. The van der Waals surface area contributed by atoms with Crippen molar-refractivity contribution in [1.29, 1.82) is 0 Å². The Labute approximate surface area is 80.2 Å². The van der Waals surface area contributed by atoms with E-state index in [4.69, 9.17) is 15.2 Å². The second-order valence-corrected chi connectivity index (χ2v) is 2.82. The predicted molar refractivity (Wildman–Crippen MR) is 54.1 cm³/mol. The molecule has 0 unspecified atom stereocenters. The summed E-state index contributed by atoms with van der Waals surface area (Å²) in [5.74, 6) is 1.55. The van der Waals surface area contributed by atoms with Crippen molar-refractivity contribution in [1.82, 2.24) is 0 Å². The summed E-state index contributed by atoms with van der Waals surface area (Å²) in [7, 11) is 1.64. The number of allylic oxidation sites excluding steroid dienone is 2. The molecule has 0 heterocycles. The quantitative estimate of drug-likeness (QED) is 0.524. The van der Waals surface area contributed by atoms with Crippen LogP contribution in [0.25, 0.3) is 0 Å². The van der Waals surface area contributed by atoms with Gasteiger partial charge in [-0.2, -0.15) is 0 Å². The van der Waals surface area contributed by atoms with Gasteiger partial charge in [0.25, 0.3) is 0 Å². The summed E-state index contributed by atoms with van der Waals surface area (Å²) in [4.78, 5) is 0. The normalized spacial score (nSPS) is 11.0. The highest BCUT2D eigenvalue weighted by Crippen LogP contribution is 2.16. The average molecular weight is 185 g/mol. The molecule has 0 aliphatic heterocycles. The van der Waals surface area contributed by atoms with E-state index in [0.717, 1.165) is 17.1 Å². The molecule has 0 aromatic carbocycles. The molecule has 0 aromatic heterocycles. The summed E-state index contributed by atoms with van der Waals surface area (Å²) in [5, 5.41) is 0. The summed E-state index contributed by atoms with van der Waals surface area (Å²) in [5.41, 5.74) is 6.43. The molecule has 0 aliphatic rings. The lowest BCUT2D eigenvalue weighted by Crippen LogP contribution is -2.10. The predicted octanol–water partition coefficient (Wildman–Crippen LogP) is 1.81. The Morgan fingerprint density at radius 2 is 2.00 bits per heavy atom. The lowest BCUT2D eigenvalue weighted by Gasteiger charge is -2.13. The fourth-order valence-electron chi connectivity index (χ4n) is 1.000. The third-order valence-electron chi connectivity index (χ3n) is 1.52. The molecule has 3 heteroatoms. The van der Waals surface area contributed by atoms with E-state index in [0.29, 0.717) is 13.2 Å². The zero-order valence-corrected chi connectivity index (χ0v) is 8.89.